The summed E-state index contributed by atoms with van der Waals surface area (Å²) in [5, 5.41) is 2.68. The number of para-hydroxylation sites is 3. The zero-order valence-corrected chi connectivity index (χ0v) is 40.7. The summed E-state index contributed by atoms with van der Waals surface area (Å²) in [5.41, 5.74) is 15.8. The summed E-state index contributed by atoms with van der Waals surface area (Å²) in [6, 6.07) is 40.6. The molecule has 0 amide bonds. The fourth-order valence-corrected chi connectivity index (χ4v) is 11.9. The second-order valence-corrected chi connectivity index (χ2v) is 20.5. The second-order valence-electron chi connectivity index (χ2n) is 20.5. The third-order valence-corrected chi connectivity index (χ3v) is 15.4. The van der Waals surface area contributed by atoms with E-state index in [1.54, 1.807) is 0 Å². The summed E-state index contributed by atoms with van der Waals surface area (Å²) in [4.78, 5) is 5.23. The molecular weight excluding hydrogens is 789 g/mol. The van der Waals surface area contributed by atoms with Crippen molar-refractivity contribution in [3.05, 3.63) is 191 Å². The molecule has 0 saturated heterocycles. The Kier molecular flexibility index (Phi) is 11.6. The molecule has 65 heavy (non-hydrogen) atoms. The molecule has 0 fully saturated rings. The van der Waals surface area contributed by atoms with E-state index in [1.807, 2.05) is 0 Å². The number of benzene rings is 5. The quantitative estimate of drug-likeness (QED) is 0.0864. The Morgan fingerprint density at radius 1 is 0.523 bits per heavy atom. The topological polar surface area (TPSA) is 12.5 Å². The van der Waals surface area contributed by atoms with Crippen LogP contribution in [0.5, 0.6) is 0 Å². The van der Waals surface area contributed by atoms with Crippen LogP contribution in [0.3, 0.4) is 0 Å². The van der Waals surface area contributed by atoms with Crippen LogP contribution < -0.4 is 9.80 Å². The number of anilines is 2. The summed E-state index contributed by atoms with van der Waals surface area (Å²) < 4.78 is 4.95. The Morgan fingerprint density at radius 3 is 1.89 bits per heavy atom. The molecule has 1 unspecified atom stereocenters. The Bertz CT molecular complexity index is 2890. The minimum absolute atomic E-state index is 0.0713. The average molecular weight is 859 g/mol. The lowest BCUT2D eigenvalue weighted by molar-refractivity contribution is -0.438. The predicted molar refractivity (Wildman–Crippen MR) is 278 cm³/mol. The minimum atomic E-state index is -0.192. The van der Waals surface area contributed by atoms with Crippen molar-refractivity contribution < 1.29 is 9.15 Å². The minimum Gasteiger partial charge on any atom is -0.344 e. The van der Waals surface area contributed by atoms with Crippen molar-refractivity contribution in [2.75, 3.05) is 36.5 Å². The van der Waals surface area contributed by atoms with Crippen LogP contribution in [0.4, 0.5) is 22.7 Å². The molecule has 4 aliphatic rings. The Hall–Kier alpha value is -6.00. The van der Waals surface area contributed by atoms with E-state index in [-0.39, 0.29) is 21.7 Å². The van der Waals surface area contributed by atoms with E-state index < -0.39 is 0 Å². The van der Waals surface area contributed by atoms with Crippen molar-refractivity contribution in [1.82, 2.24) is 0 Å². The lowest BCUT2D eigenvalue weighted by atomic mass is 9.78. The molecule has 5 aromatic rings. The van der Waals surface area contributed by atoms with Gasteiger partial charge in [-0.15, -0.1) is 0 Å². The summed E-state index contributed by atoms with van der Waals surface area (Å²) >= 11 is 0. The van der Waals surface area contributed by atoms with E-state index in [0.29, 0.717) is 0 Å². The molecular formula is C61H70N4+2. The molecule has 0 saturated carbocycles. The molecule has 4 heteroatoms. The van der Waals surface area contributed by atoms with Crippen molar-refractivity contribution >= 4 is 44.9 Å². The van der Waals surface area contributed by atoms with Gasteiger partial charge in [-0.1, -0.05) is 137 Å². The van der Waals surface area contributed by atoms with Gasteiger partial charge in [-0.2, -0.15) is 9.15 Å². The van der Waals surface area contributed by atoms with Crippen LogP contribution in [0.25, 0.3) is 10.8 Å². The van der Waals surface area contributed by atoms with Crippen LogP contribution in [0.2, 0.25) is 0 Å². The van der Waals surface area contributed by atoms with Crippen LogP contribution in [-0.2, 0) is 21.7 Å². The van der Waals surface area contributed by atoms with Gasteiger partial charge in [-0.25, -0.2) is 0 Å². The van der Waals surface area contributed by atoms with Gasteiger partial charge in [-0.3, -0.25) is 0 Å². The number of unbranched alkanes of at least 4 members (excludes halogenated alkanes) is 1. The third kappa shape index (κ3) is 7.29. The molecule has 1 atom stereocenters. The highest BCUT2D eigenvalue weighted by Gasteiger charge is 2.47. The Balaban J connectivity index is 1.04. The van der Waals surface area contributed by atoms with Crippen LogP contribution in [0.15, 0.2) is 169 Å². The highest BCUT2D eigenvalue weighted by Crippen LogP contribution is 2.53. The van der Waals surface area contributed by atoms with E-state index in [4.69, 9.17) is 0 Å². The summed E-state index contributed by atoms with van der Waals surface area (Å²) in [6.07, 6.45) is 23.0. The van der Waals surface area contributed by atoms with Gasteiger partial charge in [0.2, 0.25) is 11.4 Å². The first-order chi connectivity index (χ1) is 31.3. The van der Waals surface area contributed by atoms with Gasteiger partial charge in [-0.05, 0) is 99.7 Å². The van der Waals surface area contributed by atoms with Crippen molar-refractivity contribution in [1.29, 1.82) is 0 Å². The molecule has 0 aromatic heterocycles. The number of nitrogens with zero attached hydrogens (tertiary/aromatic N) is 4. The van der Waals surface area contributed by atoms with Crippen LogP contribution in [-0.4, -0.2) is 47.3 Å². The van der Waals surface area contributed by atoms with Gasteiger partial charge >= 0.3 is 0 Å². The fraction of sp³-hybridized carbons (Fsp3) is 0.344. The highest BCUT2D eigenvalue weighted by molar-refractivity contribution is 6.08. The number of rotatable bonds is 13. The number of allylic oxidation sites excluding steroid dienone is 10. The first-order valence-corrected chi connectivity index (χ1v) is 24.3. The largest absolute Gasteiger partial charge is 0.344 e. The van der Waals surface area contributed by atoms with E-state index in [9.17, 15) is 0 Å². The smallest absolute Gasteiger partial charge is 0.210 e. The molecule has 0 radical (unpaired) electrons. The first-order valence-electron chi connectivity index (χ1n) is 24.3. The van der Waals surface area contributed by atoms with Gasteiger partial charge in [0, 0.05) is 88.5 Å². The van der Waals surface area contributed by atoms with E-state index in [2.05, 4.69) is 246 Å². The second kappa shape index (κ2) is 17.1. The average Bonchev–Trinajstić information content (AvgIpc) is 3.84. The molecule has 0 spiro atoms. The molecule has 332 valence electrons. The van der Waals surface area contributed by atoms with Crippen LogP contribution in [0.1, 0.15) is 110 Å². The lowest BCUT2D eigenvalue weighted by Gasteiger charge is -2.34. The highest BCUT2D eigenvalue weighted by atomic mass is 15.2. The van der Waals surface area contributed by atoms with Crippen molar-refractivity contribution in [2.24, 2.45) is 0 Å². The zero-order valence-electron chi connectivity index (χ0n) is 40.7. The molecule has 9 rings (SSSR count). The van der Waals surface area contributed by atoms with E-state index in [1.165, 1.54) is 85.0 Å². The summed E-state index contributed by atoms with van der Waals surface area (Å²) in [7, 11) is 2.21. The van der Waals surface area contributed by atoms with Gasteiger partial charge in [0.15, 0.2) is 11.4 Å². The van der Waals surface area contributed by atoms with Gasteiger partial charge in [0.25, 0.3) is 0 Å². The predicted octanol–water partition coefficient (Wildman–Crippen LogP) is 14.5. The maximum atomic E-state index is 2.63. The standard InChI is InChI=1S/C61H70N4/c1-11-13-42-64-52-39-38-44-26-17-18-27-45(44)57(52)60(7,8)55(64)34-15-14-16-35-56-61(9,48-30-21-24-33-51(48)63(56)41-12-2)40-43-65-50-32-23-20-29-47(50)59(5,6)54(65)37-25-36-53-58(3,4)46-28-19-22-31-49(46)62(53)10/h14-39H,11-13,40-43H2,1-10H3/q+2. The number of hydrogen-bond acceptors (Lipinski definition) is 2. The molecule has 4 heterocycles. The summed E-state index contributed by atoms with van der Waals surface area (Å²) in [5.74, 6) is 0. The van der Waals surface area contributed by atoms with Gasteiger partial charge in [0.05, 0.1) is 10.8 Å². The van der Waals surface area contributed by atoms with E-state index >= 15 is 0 Å². The molecule has 4 aliphatic heterocycles. The van der Waals surface area contributed by atoms with E-state index in [0.717, 1.165) is 38.9 Å². The normalized spacial score (nSPS) is 21.6. The molecule has 4 nitrogen and oxygen atoms in total. The van der Waals surface area contributed by atoms with Gasteiger partial charge in [0.1, 0.15) is 13.6 Å². The molecule has 0 bridgehead atoms. The number of hydrogen-bond donors (Lipinski definition) is 0. The summed E-state index contributed by atoms with van der Waals surface area (Å²) in [6.45, 7) is 24.3. The fourth-order valence-electron chi connectivity index (χ4n) is 11.9. The van der Waals surface area contributed by atoms with Crippen molar-refractivity contribution in [3.8, 4) is 0 Å². The molecule has 0 N–H and O–H groups in total. The van der Waals surface area contributed by atoms with Crippen molar-refractivity contribution in [2.45, 2.75) is 110 Å². The van der Waals surface area contributed by atoms with Gasteiger partial charge < -0.3 is 9.80 Å². The van der Waals surface area contributed by atoms with Crippen LogP contribution >= 0.6 is 0 Å². The molecule has 0 aliphatic carbocycles. The third-order valence-electron chi connectivity index (χ3n) is 15.4. The Labute approximate surface area is 390 Å². The maximum absolute atomic E-state index is 2.63. The van der Waals surface area contributed by atoms with Crippen molar-refractivity contribution in [3.63, 3.8) is 0 Å². The SMILES string of the molecule is CCCC[N+]1=C(/C=C/C=C/C=C2\N(CCC)c3ccccc3C2(C)CCN2/C(=C/C=C/C3=[N+](C)c4ccccc4C3(C)C)C(C)(C)c3ccccc32)C(C)(C)c2c1ccc1ccccc21. The Morgan fingerprint density at radius 2 is 1.15 bits per heavy atom. The first kappa shape index (κ1) is 44.2. The number of fused-ring (bicyclic) bond motifs is 6. The molecule has 5 aromatic carbocycles. The lowest BCUT2D eigenvalue weighted by Crippen LogP contribution is -2.34. The van der Waals surface area contributed by atoms with Crippen LogP contribution in [0, 0.1) is 0 Å². The maximum Gasteiger partial charge on any atom is 0.210 e. The monoisotopic (exact) mass is 859 g/mol. The zero-order chi connectivity index (χ0) is 45.7.